The monoisotopic (exact) mass is 328 g/mol. The third kappa shape index (κ3) is 10.7. The topological polar surface area (TPSA) is 0 Å². The lowest BCUT2D eigenvalue weighted by atomic mass is 9.97. The summed E-state index contributed by atoms with van der Waals surface area (Å²) in [6, 6.07) is 11.0. The Kier molecular flexibility index (Phi) is 13.6. The van der Waals surface area contributed by atoms with Crippen molar-refractivity contribution in [2.75, 3.05) is 0 Å². The number of rotatable bonds is 15. The van der Waals surface area contributed by atoms with Crippen molar-refractivity contribution in [1.82, 2.24) is 0 Å². The van der Waals surface area contributed by atoms with Gasteiger partial charge >= 0.3 is 0 Å². The van der Waals surface area contributed by atoms with Gasteiger partial charge in [0, 0.05) is 0 Å². The van der Waals surface area contributed by atoms with Gasteiger partial charge in [0.05, 0.1) is 0 Å². The highest BCUT2D eigenvalue weighted by atomic mass is 14.1. The normalized spacial score (nSPS) is 11.8. The van der Waals surface area contributed by atoms with Crippen molar-refractivity contribution in [2.45, 2.75) is 104 Å². The second kappa shape index (κ2) is 15.5. The molecule has 0 radical (unpaired) electrons. The first-order valence-electron chi connectivity index (χ1n) is 10.6. The third-order valence-electron chi connectivity index (χ3n) is 4.89. The van der Waals surface area contributed by atoms with Crippen LogP contribution in [0.25, 0.3) is 5.57 Å². The van der Waals surface area contributed by atoms with Crippen molar-refractivity contribution in [3.8, 4) is 0 Å². The predicted octanol–water partition coefficient (Wildman–Crippen LogP) is 8.57. The van der Waals surface area contributed by atoms with E-state index in [0.717, 1.165) is 0 Å². The number of benzene rings is 1. The van der Waals surface area contributed by atoms with E-state index >= 15 is 0 Å². The van der Waals surface area contributed by atoms with Gasteiger partial charge in [-0.05, 0) is 36.8 Å². The molecule has 0 fully saturated rings. The summed E-state index contributed by atoms with van der Waals surface area (Å²) in [5.74, 6) is 0. The summed E-state index contributed by atoms with van der Waals surface area (Å²) in [6.45, 7) is 4.58. The molecule has 1 aromatic rings. The molecule has 1 rings (SSSR count). The minimum atomic E-state index is 1.26. The highest BCUT2D eigenvalue weighted by molar-refractivity contribution is 5.65. The average Bonchev–Trinajstić information content (AvgIpc) is 2.62. The van der Waals surface area contributed by atoms with Crippen LogP contribution in [0.3, 0.4) is 0 Å². The Morgan fingerprint density at radius 1 is 0.667 bits per heavy atom. The fraction of sp³-hybridized carbons (Fsp3) is 0.667. The van der Waals surface area contributed by atoms with E-state index in [1.54, 1.807) is 5.57 Å². The highest BCUT2D eigenvalue weighted by Gasteiger charge is 2.01. The number of hydrogen-bond acceptors (Lipinski definition) is 0. The van der Waals surface area contributed by atoms with Crippen molar-refractivity contribution in [3.05, 3.63) is 42.0 Å². The van der Waals surface area contributed by atoms with Crippen LogP contribution >= 0.6 is 0 Å². The fourth-order valence-corrected chi connectivity index (χ4v) is 3.31. The molecule has 0 saturated heterocycles. The molecule has 136 valence electrons. The molecule has 0 bridgehead atoms. The highest BCUT2D eigenvalue weighted by Crippen LogP contribution is 2.23. The molecule has 0 unspecified atom stereocenters. The first-order chi connectivity index (χ1) is 11.9. The van der Waals surface area contributed by atoms with Crippen molar-refractivity contribution in [1.29, 1.82) is 0 Å². The molecule has 0 aliphatic carbocycles. The standard InChI is InChI=1S/C24H40/c1-3-5-7-9-11-13-16-20-23(24-21-17-14-18-22-24)19-15-12-10-8-6-4-2/h14,17-18,20-22H,3-13,15-16,19H2,1-2H3/b23-20-. The zero-order chi connectivity index (χ0) is 17.3. The Bertz CT molecular complexity index is 401. The Hall–Kier alpha value is -1.04. The molecule has 1 aromatic carbocycles. The van der Waals surface area contributed by atoms with E-state index in [1.807, 2.05) is 0 Å². The SMILES string of the molecule is CCCCCCCC/C=C(/CCCCCCCC)c1ccccc1. The molecule has 0 heterocycles. The van der Waals surface area contributed by atoms with Crippen LogP contribution in [0, 0.1) is 0 Å². The molecule has 0 aliphatic heterocycles. The molecule has 0 heteroatoms. The van der Waals surface area contributed by atoms with Gasteiger partial charge in [0.25, 0.3) is 0 Å². The lowest BCUT2D eigenvalue weighted by Gasteiger charge is -2.09. The molecule has 0 aliphatic rings. The van der Waals surface area contributed by atoms with Gasteiger partial charge in [0.1, 0.15) is 0 Å². The van der Waals surface area contributed by atoms with Gasteiger partial charge in [-0.2, -0.15) is 0 Å². The Balaban J connectivity index is 2.34. The van der Waals surface area contributed by atoms with Crippen LogP contribution in [-0.2, 0) is 0 Å². The summed E-state index contributed by atoms with van der Waals surface area (Å²) < 4.78 is 0. The van der Waals surface area contributed by atoms with E-state index < -0.39 is 0 Å². The summed E-state index contributed by atoms with van der Waals surface area (Å²) in [5.41, 5.74) is 3.02. The van der Waals surface area contributed by atoms with E-state index in [1.165, 1.54) is 95.5 Å². The van der Waals surface area contributed by atoms with Gasteiger partial charge in [-0.25, -0.2) is 0 Å². The Morgan fingerprint density at radius 2 is 1.21 bits per heavy atom. The lowest BCUT2D eigenvalue weighted by molar-refractivity contribution is 0.608. The molecule has 0 nitrogen and oxygen atoms in total. The first-order valence-corrected chi connectivity index (χ1v) is 10.6. The number of hydrogen-bond donors (Lipinski definition) is 0. The van der Waals surface area contributed by atoms with E-state index in [9.17, 15) is 0 Å². The number of unbranched alkanes of at least 4 members (excludes halogenated alkanes) is 11. The lowest BCUT2D eigenvalue weighted by Crippen LogP contribution is -1.87. The van der Waals surface area contributed by atoms with E-state index in [0.29, 0.717) is 0 Å². The second-order valence-electron chi connectivity index (χ2n) is 7.17. The molecule has 24 heavy (non-hydrogen) atoms. The molecule has 0 N–H and O–H groups in total. The molecule has 0 aromatic heterocycles. The maximum atomic E-state index is 2.53. The largest absolute Gasteiger partial charge is 0.0807 e. The molecular formula is C24H40. The van der Waals surface area contributed by atoms with Crippen LogP contribution in [0.15, 0.2) is 36.4 Å². The van der Waals surface area contributed by atoms with Crippen LogP contribution in [0.5, 0.6) is 0 Å². The first kappa shape index (κ1) is 21.0. The van der Waals surface area contributed by atoms with Crippen LogP contribution < -0.4 is 0 Å². The van der Waals surface area contributed by atoms with Gasteiger partial charge in [0.2, 0.25) is 0 Å². The average molecular weight is 329 g/mol. The summed E-state index contributed by atoms with van der Waals surface area (Å²) in [7, 11) is 0. The second-order valence-corrected chi connectivity index (χ2v) is 7.17. The minimum Gasteiger partial charge on any atom is -0.0807 e. The van der Waals surface area contributed by atoms with Gasteiger partial charge in [-0.3, -0.25) is 0 Å². The van der Waals surface area contributed by atoms with E-state index in [4.69, 9.17) is 0 Å². The smallest absolute Gasteiger partial charge is 0.0228 e. The summed E-state index contributed by atoms with van der Waals surface area (Å²) in [4.78, 5) is 0. The molecule has 0 spiro atoms. The van der Waals surface area contributed by atoms with Gasteiger partial charge in [-0.1, -0.05) is 114 Å². The maximum Gasteiger partial charge on any atom is -0.0228 e. The number of allylic oxidation sites excluding steroid dienone is 2. The third-order valence-corrected chi connectivity index (χ3v) is 4.89. The van der Waals surface area contributed by atoms with Gasteiger partial charge in [-0.15, -0.1) is 0 Å². The quantitative estimate of drug-likeness (QED) is 0.283. The summed E-state index contributed by atoms with van der Waals surface area (Å²) in [6.07, 6.45) is 21.7. The van der Waals surface area contributed by atoms with E-state index in [2.05, 4.69) is 50.3 Å². The van der Waals surface area contributed by atoms with Crippen molar-refractivity contribution < 1.29 is 0 Å². The zero-order valence-corrected chi connectivity index (χ0v) is 16.4. The molecule has 0 atom stereocenters. The van der Waals surface area contributed by atoms with Crippen LogP contribution in [-0.4, -0.2) is 0 Å². The minimum absolute atomic E-state index is 1.26. The molecule has 0 amide bonds. The predicted molar refractivity (Wildman–Crippen MR) is 110 cm³/mol. The van der Waals surface area contributed by atoms with Crippen molar-refractivity contribution in [2.24, 2.45) is 0 Å². The Labute approximate surface area is 151 Å². The summed E-state index contributed by atoms with van der Waals surface area (Å²) in [5, 5.41) is 0. The van der Waals surface area contributed by atoms with E-state index in [-0.39, 0.29) is 0 Å². The van der Waals surface area contributed by atoms with Gasteiger partial charge < -0.3 is 0 Å². The van der Waals surface area contributed by atoms with Crippen molar-refractivity contribution >= 4 is 5.57 Å². The Morgan fingerprint density at radius 3 is 1.83 bits per heavy atom. The van der Waals surface area contributed by atoms with Crippen LogP contribution in [0.4, 0.5) is 0 Å². The molecular weight excluding hydrogens is 288 g/mol. The molecule has 0 saturated carbocycles. The zero-order valence-electron chi connectivity index (χ0n) is 16.4. The van der Waals surface area contributed by atoms with Crippen molar-refractivity contribution in [3.63, 3.8) is 0 Å². The fourth-order valence-electron chi connectivity index (χ4n) is 3.31. The van der Waals surface area contributed by atoms with Crippen LogP contribution in [0.2, 0.25) is 0 Å². The summed E-state index contributed by atoms with van der Waals surface area (Å²) >= 11 is 0. The van der Waals surface area contributed by atoms with Gasteiger partial charge in [0.15, 0.2) is 0 Å². The maximum absolute atomic E-state index is 2.53. The van der Waals surface area contributed by atoms with Crippen LogP contribution in [0.1, 0.15) is 109 Å².